The monoisotopic (exact) mass is 442 g/mol. The number of allylic oxidation sites excluding steroid dienone is 5. The van der Waals surface area contributed by atoms with Crippen molar-refractivity contribution in [2.45, 2.75) is 92.6 Å². The van der Waals surface area contributed by atoms with Gasteiger partial charge in [-0.3, -0.25) is 9.59 Å². The van der Waals surface area contributed by atoms with Gasteiger partial charge in [-0.15, -0.1) is 0 Å². The van der Waals surface area contributed by atoms with Crippen LogP contribution in [0.3, 0.4) is 0 Å². The normalized spacial score (nSPS) is 20.2. The predicted molar refractivity (Wildman–Crippen MR) is 126 cm³/mol. The van der Waals surface area contributed by atoms with Crippen molar-refractivity contribution in [3.8, 4) is 0 Å². The van der Waals surface area contributed by atoms with E-state index in [0.29, 0.717) is 24.2 Å². The Morgan fingerprint density at radius 3 is 2.44 bits per heavy atom. The number of Topliss-reactive ketones (excluding diaryl/α,β-unsaturated/α-hetero) is 1. The van der Waals surface area contributed by atoms with Crippen molar-refractivity contribution in [3.05, 3.63) is 46.1 Å². The number of ether oxygens (including phenoxy) is 2. The fourth-order valence-electron chi connectivity index (χ4n) is 4.42. The van der Waals surface area contributed by atoms with Crippen LogP contribution in [0.15, 0.2) is 46.1 Å². The number of hydrogen-bond donors (Lipinski definition) is 0. The van der Waals surface area contributed by atoms with Gasteiger partial charge in [0.2, 0.25) is 0 Å². The first-order valence-corrected chi connectivity index (χ1v) is 11.6. The van der Waals surface area contributed by atoms with Crippen molar-refractivity contribution in [1.29, 1.82) is 0 Å². The quantitative estimate of drug-likeness (QED) is 0.309. The molecule has 5 nitrogen and oxygen atoms in total. The van der Waals surface area contributed by atoms with E-state index in [-0.39, 0.29) is 24.0 Å². The Morgan fingerprint density at radius 2 is 1.81 bits per heavy atom. The summed E-state index contributed by atoms with van der Waals surface area (Å²) in [6.07, 6.45) is 11.2. The number of carbonyl (C=O) groups excluding carboxylic acids is 3. The van der Waals surface area contributed by atoms with E-state index in [1.807, 2.05) is 0 Å². The third kappa shape index (κ3) is 7.32. The van der Waals surface area contributed by atoms with Crippen molar-refractivity contribution in [1.82, 2.24) is 0 Å². The average Bonchev–Trinajstić information content (AvgIpc) is 3.14. The molecular weight excluding hydrogens is 404 g/mol. The van der Waals surface area contributed by atoms with Crippen LogP contribution in [0.25, 0.3) is 0 Å². The van der Waals surface area contributed by atoms with Crippen LogP contribution >= 0.6 is 0 Å². The first-order valence-electron chi connectivity index (χ1n) is 11.6. The zero-order valence-corrected chi connectivity index (χ0v) is 20.5. The Kier molecular flexibility index (Phi) is 9.23. The molecule has 2 rings (SSSR count). The van der Waals surface area contributed by atoms with Crippen molar-refractivity contribution in [3.63, 3.8) is 0 Å². The van der Waals surface area contributed by atoms with E-state index in [4.69, 9.17) is 9.47 Å². The SMILES string of the molecule is CC(=O)O[C@@H](CC=C(C)CCC=C(C)CCC1=C(C)CCC(=O)C1(C)C)C1=CC(=O)OC1. The number of carbonyl (C=O) groups is 3. The van der Waals surface area contributed by atoms with Crippen molar-refractivity contribution < 1.29 is 23.9 Å². The molecule has 0 bridgehead atoms. The lowest BCUT2D eigenvalue weighted by molar-refractivity contribution is -0.144. The third-order valence-electron chi connectivity index (χ3n) is 6.58. The number of rotatable bonds is 10. The van der Waals surface area contributed by atoms with Crippen LogP contribution in [-0.2, 0) is 23.9 Å². The maximum Gasteiger partial charge on any atom is 0.331 e. The number of cyclic esters (lactones) is 1. The topological polar surface area (TPSA) is 69.7 Å². The molecule has 5 heteroatoms. The Labute approximate surface area is 192 Å². The lowest BCUT2D eigenvalue weighted by Gasteiger charge is -2.33. The minimum Gasteiger partial charge on any atom is -0.458 e. The summed E-state index contributed by atoms with van der Waals surface area (Å²) in [5.74, 6) is -0.393. The van der Waals surface area contributed by atoms with E-state index in [2.05, 4.69) is 46.8 Å². The molecule has 0 aromatic carbocycles. The van der Waals surface area contributed by atoms with E-state index in [1.165, 1.54) is 35.3 Å². The number of ketones is 1. The fraction of sp³-hybridized carbons (Fsp3) is 0.593. The van der Waals surface area contributed by atoms with Gasteiger partial charge < -0.3 is 9.47 Å². The second kappa shape index (κ2) is 11.4. The highest BCUT2D eigenvalue weighted by Crippen LogP contribution is 2.40. The molecular formula is C27H38O5. The van der Waals surface area contributed by atoms with Gasteiger partial charge in [-0.2, -0.15) is 0 Å². The molecule has 0 N–H and O–H groups in total. The summed E-state index contributed by atoms with van der Waals surface area (Å²) in [5.41, 5.74) is 5.64. The molecule has 1 heterocycles. The minimum absolute atomic E-state index is 0.184. The molecule has 0 spiro atoms. The Morgan fingerprint density at radius 1 is 1.12 bits per heavy atom. The average molecular weight is 443 g/mol. The van der Waals surface area contributed by atoms with Crippen LogP contribution in [0.4, 0.5) is 0 Å². The zero-order chi connectivity index (χ0) is 23.9. The van der Waals surface area contributed by atoms with Crippen LogP contribution in [-0.4, -0.2) is 30.4 Å². The highest BCUT2D eigenvalue weighted by Gasteiger charge is 2.35. The highest BCUT2D eigenvalue weighted by atomic mass is 16.6. The maximum absolute atomic E-state index is 12.3. The minimum atomic E-state index is -0.454. The van der Waals surface area contributed by atoms with Crippen molar-refractivity contribution >= 4 is 17.7 Å². The van der Waals surface area contributed by atoms with Gasteiger partial charge in [0.1, 0.15) is 18.5 Å². The molecule has 0 radical (unpaired) electrons. The van der Waals surface area contributed by atoms with Crippen LogP contribution in [0, 0.1) is 5.41 Å². The summed E-state index contributed by atoms with van der Waals surface area (Å²) in [4.78, 5) is 35.1. The Balaban J connectivity index is 1.86. The first kappa shape index (κ1) is 25.8. The highest BCUT2D eigenvalue weighted by molar-refractivity contribution is 5.88. The van der Waals surface area contributed by atoms with Gasteiger partial charge in [-0.05, 0) is 66.7 Å². The van der Waals surface area contributed by atoms with Crippen molar-refractivity contribution in [2.24, 2.45) is 5.41 Å². The molecule has 0 amide bonds. The fourth-order valence-corrected chi connectivity index (χ4v) is 4.42. The molecule has 176 valence electrons. The summed E-state index contributed by atoms with van der Waals surface area (Å²) in [5, 5.41) is 0. The molecule has 1 atom stereocenters. The van der Waals surface area contributed by atoms with Gasteiger partial charge in [0.05, 0.1) is 0 Å². The third-order valence-corrected chi connectivity index (χ3v) is 6.58. The van der Waals surface area contributed by atoms with Gasteiger partial charge in [0.15, 0.2) is 0 Å². The van der Waals surface area contributed by atoms with Gasteiger partial charge in [0, 0.05) is 36.8 Å². The summed E-state index contributed by atoms with van der Waals surface area (Å²) in [7, 11) is 0. The standard InChI is InChI=1S/C27H38O5/c1-18(10-13-23-20(3)12-15-25(29)27(23,5)6)8-7-9-19(2)11-14-24(32-21(4)28)22-16-26(30)31-17-22/h8,11,16,24H,7,9-10,12-15,17H2,1-6H3/t24-/m0/s1. The molecule has 0 fully saturated rings. The van der Waals surface area contributed by atoms with Gasteiger partial charge >= 0.3 is 11.9 Å². The molecule has 0 saturated carbocycles. The Hall–Kier alpha value is -2.43. The van der Waals surface area contributed by atoms with Crippen LogP contribution in [0.1, 0.15) is 86.5 Å². The van der Waals surface area contributed by atoms with Crippen molar-refractivity contribution in [2.75, 3.05) is 6.61 Å². The predicted octanol–water partition coefficient (Wildman–Crippen LogP) is 5.95. The van der Waals surface area contributed by atoms with E-state index in [0.717, 1.165) is 32.1 Å². The molecule has 1 aliphatic carbocycles. The van der Waals surface area contributed by atoms with E-state index >= 15 is 0 Å². The number of esters is 2. The van der Waals surface area contributed by atoms with Crippen LogP contribution < -0.4 is 0 Å². The van der Waals surface area contributed by atoms with E-state index < -0.39 is 6.10 Å². The molecule has 0 saturated heterocycles. The maximum atomic E-state index is 12.3. The molecule has 1 aliphatic heterocycles. The number of hydrogen-bond acceptors (Lipinski definition) is 5. The van der Waals surface area contributed by atoms with E-state index in [1.54, 1.807) is 0 Å². The molecule has 0 unspecified atom stereocenters. The summed E-state index contributed by atoms with van der Waals surface area (Å²) in [6, 6.07) is 0. The first-order chi connectivity index (χ1) is 15.0. The van der Waals surface area contributed by atoms with E-state index in [9.17, 15) is 14.4 Å². The molecule has 0 aromatic heterocycles. The second-order valence-corrected chi connectivity index (χ2v) is 9.61. The van der Waals surface area contributed by atoms with Crippen LogP contribution in [0.2, 0.25) is 0 Å². The summed E-state index contributed by atoms with van der Waals surface area (Å²) in [6.45, 7) is 12.1. The second-order valence-electron chi connectivity index (χ2n) is 9.61. The molecule has 0 aromatic rings. The van der Waals surface area contributed by atoms with Gasteiger partial charge in [0.25, 0.3) is 0 Å². The summed E-state index contributed by atoms with van der Waals surface area (Å²) >= 11 is 0. The molecule has 2 aliphatic rings. The lowest BCUT2D eigenvalue weighted by Crippen LogP contribution is -2.30. The lowest BCUT2D eigenvalue weighted by atomic mass is 9.70. The zero-order valence-electron chi connectivity index (χ0n) is 20.5. The molecule has 32 heavy (non-hydrogen) atoms. The largest absolute Gasteiger partial charge is 0.458 e. The van der Waals surface area contributed by atoms with Gasteiger partial charge in [-0.1, -0.05) is 34.4 Å². The summed E-state index contributed by atoms with van der Waals surface area (Å²) < 4.78 is 10.3. The smallest absolute Gasteiger partial charge is 0.331 e. The van der Waals surface area contributed by atoms with Gasteiger partial charge in [-0.25, -0.2) is 4.79 Å². The Bertz CT molecular complexity index is 866. The van der Waals surface area contributed by atoms with Crippen LogP contribution in [0.5, 0.6) is 0 Å².